The number of nitrogens with one attached hydrogen (secondary N) is 2. The van der Waals surface area contributed by atoms with E-state index >= 15 is 0 Å². The van der Waals surface area contributed by atoms with E-state index in [1.165, 1.54) is 5.56 Å². The van der Waals surface area contributed by atoms with Gasteiger partial charge >= 0.3 is 0 Å². The molecule has 5 nitrogen and oxygen atoms in total. The van der Waals surface area contributed by atoms with Gasteiger partial charge in [0, 0.05) is 46.0 Å². The van der Waals surface area contributed by atoms with E-state index in [2.05, 4.69) is 28.6 Å². The fourth-order valence-corrected chi connectivity index (χ4v) is 5.07. The van der Waals surface area contributed by atoms with Crippen LogP contribution < -0.4 is 10.6 Å². The average molecular weight is 514 g/mol. The summed E-state index contributed by atoms with van der Waals surface area (Å²) in [6, 6.07) is 10.5. The maximum Gasteiger partial charge on any atom is 0.191 e. The molecule has 0 aliphatic heterocycles. The van der Waals surface area contributed by atoms with E-state index in [4.69, 9.17) is 4.99 Å². The van der Waals surface area contributed by atoms with Gasteiger partial charge in [0.15, 0.2) is 5.96 Å². The number of pyridine rings is 1. The second-order valence-electron chi connectivity index (χ2n) is 6.98. The van der Waals surface area contributed by atoms with Gasteiger partial charge in [-0.05, 0) is 43.9 Å². The second kappa shape index (κ2) is 11.7. The number of fused-ring (bicyclic) bond motifs is 1. The number of para-hydroxylation sites is 1. The van der Waals surface area contributed by atoms with Crippen LogP contribution in [0.15, 0.2) is 41.5 Å². The third kappa shape index (κ3) is 6.14. The van der Waals surface area contributed by atoms with Crippen molar-refractivity contribution in [3.05, 3.63) is 42.1 Å². The molecule has 3 atom stereocenters. The fraction of sp³-hybridized carbons (Fsp3) is 0.524. The van der Waals surface area contributed by atoms with Gasteiger partial charge in [-0.2, -0.15) is 0 Å². The molecule has 2 aromatic rings. The highest BCUT2D eigenvalue weighted by molar-refractivity contribution is 14.0. The van der Waals surface area contributed by atoms with Crippen LogP contribution in [0, 0.1) is 0 Å². The van der Waals surface area contributed by atoms with Gasteiger partial charge in [-0.3, -0.25) is 9.19 Å². The minimum Gasteiger partial charge on any atom is -0.357 e. The van der Waals surface area contributed by atoms with Crippen molar-refractivity contribution in [1.29, 1.82) is 0 Å². The molecule has 3 unspecified atom stereocenters. The number of halogens is 1. The molecular formula is C21H31IN4OS. The van der Waals surface area contributed by atoms with Crippen molar-refractivity contribution < 1.29 is 4.21 Å². The van der Waals surface area contributed by atoms with Crippen molar-refractivity contribution in [3.8, 4) is 0 Å². The lowest BCUT2D eigenvalue weighted by atomic mass is 9.95. The molecule has 0 bridgehead atoms. The van der Waals surface area contributed by atoms with Gasteiger partial charge in [0.05, 0.1) is 12.1 Å². The van der Waals surface area contributed by atoms with E-state index < -0.39 is 10.8 Å². The number of hydrogen-bond acceptors (Lipinski definition) is 3. The number of hydrogen-bond donors (Lipinski definition) is 2. The van der Waals surface area contributed by atoms with Crippen LogP contribution in [0.2, 0.25) is 0 Å². The molecule has 3 rings (SSSR count). The van der Waals surface area contributed by atoms with Crippen LogP contribution in [0.4, 0.5) is 0 Å². The summed E-state index contributed by atoms with van der Waals surface area (Å²) in [5.74, 6) is 1.59. The molecule has 154 valence electrons. The minimum atomic E-state index is -0.709. The number of benzene rings is 1. The van der Waals surface area contributed by atoms with Crippen LogP contribution in [-0.2, 0) is 17.3 Å². The van der Waals surface area contributed by atoms with E-state index in [0.717, 1.165) is 54.8 Å². The van der Waals surface area contributed by atoms with Crippen LogP contribution in [-0.4, -0.2) is 38.7 Å². The number of aromatic nitrogens is 1. The van der Waals surface area contributed by atoms with Gasteiger partial charge < -0.3 is 10.6 Å². The number of aliphatic imine (C=N–C) groups is 1. The Bertz CT molecular complexity index is 809. The molecule has 1 fully saturated rings. The summed E-state index contributed by atoms with van der Waals surface area (Å²) in [6.45, 7) is 5.52. The number of nitrogens with zero attached hydrogens (tertiary/aromatic N) is 2. The van der Waals surface area contributed by atoms with E-state index in [9.17, 15) is 4.21 Å². The monoisotopic (exact) mass is 514 g/mol. The molecule has 0 saturated heterocycles. The van der Waals surface area contributed by atoms with Gasteiger partial charge in [0.25, 0.3) is 0 Å². The molecule has 1 aromatic carbocycles. The normalized spacial score (nSPS) is 21.0. The molecule has 0 radical (unpaired) electrons. The lowest BCUT2D eigenvalue weighted by molar-refractivity contribution is 0.413. The first-order chi connectivity index (χ1) is 13.2. The molecule has 0 spiro atoms. The molecule has 1 saturated carbocycles. The summed E-state index contributed by atoms with van der Waals surface area (Å²) >= 11 is 0. The first-order valence-corrected chi connectivity index (χ1v) is 11.3. The molecule has 0 amide bonds. The highest BCUT2D eigenvalue weighted by atomic mass is 127. The van der Waals surface area contributed by atoms with E-state index in [-0.39, 0.29) is 24.0 Å². The van der Waals surface area contributed by atoms with Gasteiger partial charge in [0.2, 0.25) is 0 Å². The van der Waals surface area contributed by atoms with Crippen LogP contribution in [0.1, 0.15) is 45.1 Å². The van der Waals surface area contributed by atoms with Crippen molar-refractivity contribution in [2.24, 2.45) is 4.99 Å². The summed E-state index contributed by atoms with van der Waals surface area (Å²) in [5.41, 5.74) is 2.17. The third-order valence-corrected chi connectivity index (χ3v) is 6.86. The Hall–Kier alpha value is -1.22. The number of rotatable bonds is 6. The maximum absolute atomic E-state index is 12.2. The molecule has 28 heavy (non-hydrogen) atoms. The first-order valence-electron chi connectivity index (χ1n) is 9.96. The zero-order valence-electron chi connectivity index (χ0n) is 16.7. The molecule has 2 N–H and O–H groups in total. The summed E-state index contributed by atoms with van der Waals surface area (Å²) < 4.78 is 12.2. The molecular weight excluding hydrogens is 483 g/mol. The van der Waals surface area contributed by atoms with Gasteiger partial charge in [-0.25, -0.2) is 4.99 Å². The van der Waals surface area contributed by atoms with Crippen molar-refractivity contribution in [2.75, 3.05) is 12.3 Å². The van der Waals surface area contributed by atoms with Gasteiger partial charge in [-0.15, -0.1) is 24.0 Å². The summed E-state index contributed by atoms with van der Waals surface area (Å²) in [5, 5.41) is 8.39. The van der Waals surface area contributed by atoms with E-state index in [0.29, 0.717) is 17.8 Å². The molecule has 1 heterocycles. The Balaban J connectivity index is 0.00000280. The highest BCUT2D eigenvalue weighted by Crippen LogP contribution is 2.23. The van der Waals surface area contributed by atoms with Gasteiger partial charge in [0.1, 0.15) is 0 Å². The third-order valence-electron chi connectivity index (χ3n) is 5.11. The van der Waals surface area contributed by atoms with Crippen LogP contribution in [0.3, 0.4) is 0 Å². The smallest absolute Gasteiger partial charge is 0.191 e. The molecule has 1 aromatic heterocycles. The lowest BCUT2D eigenvalue weighted by Gasteiger charge is -2.30. The zero-order valence-corrected chi connectivity index (χ0v) is 19.8. The van der Waals surface area contributed by atoms with Crippen LogP contribution >= 0.6 is 24.0 Å². The van der Waals surface area contributed by atoms with Crippen LogP contribution in [0.25, 0.3) is 10.9 Å². The standard InChI is InChI=1S/C21H30N4OS.HI/c1-3-22-21(25-17-8-7-9-18(14-17)27(26)4-2)24-15-16-12-13-23-20-11-6-5-10-19(16)20;/h5-6,10-13,17-18H,3-4,7-9,14-15H2,1-2H3,(H2,22,24,25);1H. The predicted octanol–water partition coefficient (Wildman–Crippen LogP) is 3.99. The summed E-state index contributed by atoms with van der Waals surface area (Å²) in [7, 11) is -0.709. The largest absolute Gasteiger partial charge is 0.357 e. The molecule has 1 aliphatic rings. The van der Waals surface area contributed by atoms with Crippen molar-refractivity contribution in [3.63, 3.8) is 0 Å². The van der Waals surface area contributed by atoms with Crippen molar-refractivity contribution in [1.82, 2.24) is 15.6 Å². The predicted molar refractivity (Wildman–Crippen MR) is 130 cm³/mol. The molecule has 7 heteroatoms. The maximum atomic E-state index is 12.2. The van der Waals surface area contributed by atoms with E-state index in [1.54, 1.807) is 0 Å². The van der Waals surface area contributed by atoms with Gasteiger partial charge in [-0.1, -0.05) is 31.5 Å². The Morgan fingerprint density at radius 2 is 2.07 bits per heavy atom. The fourth-order valence-electron chi connectivity index (χ4n) is 3.72. The Kier molecular flexibility index (Phi) is 9.64. The molecule has 1 aliphatic carbocycles. The second-order valence-corrected chi connectivity index (χ2v) is 8.99. The average Bonchev–Trinajstić information content (AvgIpc) is 2.71. The lowest BCUT2D eigenvalue weighted by Crippen LogP contribution is -2.46. The highest BCUT2D eigenvalue weighted by Gasteiger charge is 2.26. The Labute approximate surface area is 187 Å². The van der Waals surface area contributed by atoms with E-state index in [1.807, 2.05) is 37.4 Å². The zero-order chi connectivity index (χ0) is 19.1. The van der Waals surface area contributed by atoms with Crippen LogP contribution in [0.5, 0.6) is 0 Å². The summed E-state index contributed by atoms with van der Waals surface area (Å²) in [4.78, 5) is 9.23. The minimum absolute atomic E-state index is 0. The first kappa shape index (κ1) is 23.1. The SMILES string of the molecule is CCNC(=NCc1ccnc2ccccc12)NC1CCCC(S(=O)CC)C1.I. The van der Waals surface area contributed by atoms with Crippen molar-refractivity contribution in [2.45, 2.75) is 57.4 Å². The van der Waals surface area contributed by atoms with Crippen molar-refractivity contribution >= 4 is 51.6 Å². The quantitative estimate of drug-likeness (QED) is 0.348. The Morgan fingerprint density at radius 1 is 1.25 bits per heavy atom. The number of guanidine groups is 1. The Morgan fingerprint density at radius 3 is 2.86 bits per heavy atom. The summed E-state index contributed by atoms with van der Waals surface area (Å²) in [6.07, 6.45) is 6.13. The topological polar surface area (TPSA) is 66.4 Å².